The van der Waals surface area contributed by atoms with Crippen molar-refractivity contribution in [3.63, 3.8) is 0 Å². The van der Waals surface area contributed by atoms with Gasteiger partial charge in [-0.1, -0.05) is 28.1 Å². The molecule has 0 aliphatic carbocycles. The summed E-state index contributed by atoms with van der Waals surface area (Å²) < 4.78 is 2.67. The Morgan fingerprint density at radius 3 is 2.67 bits per heavy atom. The first-order chi connectivity index (χ1) is 7.29. The van der Waals surface area contributed by atoms with Crippen LogP contribution < -0.4 is 0 Å². The Bertz CT molecular complexity index is 493. The van der Waals surface area contributed by atoms with Crippen LogP contribution in [-0.4, -0.2) is 9.78 Å². The summed E-state index contributed by atoms with van der Waals surface area (Å²) in [6.45, 7) is 0.288. The van der Waals surface area contributed by atoms with E-state index in [0.717, 1.165) is 15.6 Å². The molecule has 0 bridgehead atoms. The van der Waals surface area contributed by atoms with E-state index in [1.54, 1.807) is 10.9 Å². The zero-order valence-electron chi connectivity index (χ0n) is 7.89. The van der Waals surface area contributed by atoms with Crippen molar-refractivity contribution in [1.82, 2.24) is 9.78 Å². The predicted octanol–water partition coefficient (Wildman–Crippen LogP) is 2.84. The fraction of sp³-hybridized carbons (Fsp3) is 0.0909. The second kappa shape index (κ2) is 4.28. The van der Waals surface area contributed by atoms with Crippen molar-refractivity contribution in [2.45, 2.75) is 6.54 Å². The third-order valence-corrected chi connectivity index (χ3v) is 2.57. The van der Waals surface area contributed by atoms with Gasteiger partial charge in [0.25, 0.3) is 0 Å². The van der Waals surface area contributed by atoms with E-state index in [1.165, 1.54) is 0 Å². The Morgan fingerprint density at radius 1 is 1.27 bits per heavy atom. The monoisotopic (exact) mass is 261 g/mol. The van der Waals surface area contributed by atoms with Gasteiger partial charge in [-0.15, -0.1) is 0 Å². The maximum atomic E-state index is 8.52. The number of halogens is 1. The van der Waals surface area contributed by atoms with Gasteiger partial charge < -0.3 is 0 Å². The van der Waals surface area contributed by atoms with Crippen LogP contribution >= 0.6 is 15.9 Å². The SMILES string of the molecule is N#CCn1cc(-c2ccc(Br)cc2)cn1. The molecule has 1 heterocycles. The third-order valence-electron chi connectivity index (χ3n) is 2.04. The molecule has 15 heavy (non-hydrogen) atoms. The summed E-state index contributed by atoms with van der Waals surface area (Å²) in [5, 5.41) is 12.6. The minimum absolute atomic E-state index is 0.288. The van der Waals surface area contributed by atoms with Crippen LogP contribution in [0, 0.1) is 11.3 Å². The van der Waals surface area contributed by atoms with Crippen LogP contribution in [0.25, 0.3) is 11.1 Å². The van der Waals surface area contributed by atoms with Gasteiger partial charge in [0, 0.05) is 16.2 Å². The molecule has 0 spiro atoms. The van der Waals surface area contributed by atoms with Gasteiger partial charge in [0.05, 0.1) is 12.3 Å². The second-order valence-electron chi connectivity index (χ2n) is 3.09. The lowest BCUT2D eigenvalue weighted by Crippen LogP contribution is -1.93. The van der Waals surface area contributed by atoms with E-state index >= 15 is 0 Å². The number of hydrogen-bond donors (Lipinski definition) is 0. The maximum Gasteiger partial charge on any atom is 0.128 e. The molecule has 0 unspecified atom stereocenters. The number of benzene rings is 1. The molecule has 0 atom stereocenters. The van der Waals surface area contributed by atoms with Gasteiger partial charge in [-0.25, -0.2) is 0 Å². The second-order valence-corrected chi connectivity index (χ2v) is 4.01. The van der Waals surface area contributed by atoms with Gasteiger partial charge in [0.1, 0.15) is 6.54 Å². The molecule has 2 rings (SSSR count). The van der Waals surface area contributed by atoms with Crippen molar-refractivity contribution in [3.05, 3.63) is 41.1 Å². The molecule has 0 aliphatic heterocycles. The number of nitriles is 1. The van der Waals surface area contributed by atoms with Crippen LogP contribution in [0.15, 0.2) is 41.1 Å². The lowest BCUT2D eigenvalue weighted by Gasteiger charge is -1.96. The third kappa shape index (κ3) is 2.25. The number of aromatic nitrogens is 2. The van der Waals surface area contributed by atoms with Crippen LogP contribution in [-0.2, 0) is 6.54 Å². The Hall–Kier alpha value is -1.60. The van der Waals surface area contributed by atoms with Gasteiger partial charge in [-0.2, -0.15) is 10.4 Å². The summed E-state index contributed by atoms with van der Waals surface area (Å²) in [4.78, 5) is 0. The number of nitrogens with zero attached hydrogens (tertiary/aromatic N) is 3. The Kier molecular flexibility index (Phi) is 2.84. The molecule has 0 amide bonds. The summed E-state index contributed by atoms with van der Waals surface area (Å²) in [7, 11) is 0. The fourth-order valence-corrected chi connectivity index (χ4v) is 1.58. The molecule has 0 saturated heterocycles. The average molecular weight is 262 g/mol. The van der Waals surface area contributed by atoms with Crippen molar-refractivity contribution >= 4 is 15.9 Å². The topological polar surface area (TPSA) is 41.6 Å². The minimum atomic E-state index is 0.288. The molecule has 0 saturated carbocycles. The van der Waals surface area contributed by atoms with Crippen molar-refractivity contribution in [2.24, 2.45) is 0 Å². The Labute approximate surface area is 96.1 Å². The molecule has 0 radical (unpaired) electrons. The van der Waals surface area contributed by atoms with Crippen molar-refractivity contribution in [1.29, 1.82) is 5.26 Å². The van der Waals surface area contributed by atoms with E-state index in [1.807, 2.05) is 30.5 Å². The van der Waals surface area contributed by atoms with Gasteiger partial charge >= 0.3 is 0 Å². The highest BCUT2D eigenvalue weighted by Gasteiger charge is 2.00. The average Bonchev–Trinajstić information content (AvgIpc) is 2.68. The molecule has 0 N–H and O–H groups in total. The predicted molar refractivity (Wildman–Crippen MR) is 61.0 cm³/mol. The van der Waals surface area contributed by atoms with E-state index in [2.05, 4.69) is 27.1 Å². The normalized spacial score (nSPS) is 9.87. The molecule has 74 valence electrons. The summed E-state index contributed by atoms with van der Waals surface area (Å²) in [6.07, 6.45) is 3.63. The highest BCUT2D eigenvalue weighted by atomic mass is 79.9. The standard InChI is InChI=1S/C11H8BrN3/c12-11-3-1-9(2-4-11)10-7-14-15(8-10)6-5-13/h1-4,7-8H,6H2. The molecular weight excluding hydrogens is 254 g/mol. The van der Waals surface area contributed by atoms with E-state index in [4.69, 9.17) is 5.26 Å². The first kappa shape index (κ1) is 9.94. The lowest BCUT2D eigenvalue weighted by atomic mass is 10.1. The molecule has 2 aromatic rings. The number of rotatable bonds is 2. The van der Waals surface area contributed by atoms with E-state index < -0.39 is 0 Å². The quantitative estimate of drug-likeness (QED) is 0.835. The zero-order chi connectivity index (χ0) is 10.7. The van der Waals surface area contributed by atoms with Crippen molar-refractivity contribution < 1.29 is 0 Å². The molecule has 0 fully saturated rings. The van der Waals surface area contributed by atoms with Crippen molar-refractivity contribution in [2.75, 3.05) is 0 Å². The smallest absolute Gasteiger partial charge is 0.128 e. The molecule has 1 aromatic heterocycles. The molecule has 0 aliphatic rings. The van der Waals surface area contributed by atoms with Crippen molar-refractivity contribution in [3.8, 4) is 17.2 Å². The van der Waals surface area contributed by atoms with E-state index in [0.29, 0.717) is 0 Å². The molecule has 1 aromatic carbocycles. The molecular formula is C11H8BrN3. The first-order valence-electron chi connectivity index (χ1n) is 4.45. The number of hydrogen-bond acceptors (Lipinski definition) is 2. The minimum Gasteiger partial charge on any atom is -0.258 e. The van der Waals surface area contributed by atoms with E-state index in [-0.39, 0.29) is 6.54 Å². The highest BCUT2D eigenvalue weighted by Crippen LogP contribution is 2.20. The largest absolute Gasteiger partial charge is 0.258 e. The highest BCUT2D eigenvalue weighted by molar-refractivity contribution is 9.10. The first-order valence-corrected chi connectivity index (χ1v) is 5.24. The molecule has 4 heteroatoms. The zero-order valence-corrected chi connectivity index (χ0v) is 9.48. The van der Waals surface area contributed by atoms with Gasteiger partial charge in [-0.05, 0) is 17.7 Å². The Morgan fingerprint density at radius 2 is 2.00 bits per heavy atom. The lowest BCUT2D eigenvalue weighted by molar-refractivity contribution is 0.710. The van der Waals surface area contributed by atoms with E-state index in [9.17, 15) is 0 Å². The van der Waals surface area contributed by atoms with Crippen LogP contribution in [0.5, 0.6) is 0 Å². The summed E-state index contributed by atoms with van der Waals surface area (Å²) in [5.74, 6) is 0. The van der Waals surface area contributed by atoms with Gasteiger partial charge in [0.15, 0.2) is 0 Å². The summed E-state index contributed by atoms with van der Waals surface area (Å²) >= 11 is 3.38. The van der Waals surface area contributed by atoms with Crippen LogP contribution in [0.2, 0.25) is 0 Å². The van der Waals surface area contributed by atoms with Gasteiger partial charge in [0.2, 0.25) is 0 Å². The molecule has 3 nitrogen and oxygen atoms in total. The maximum absolute atomic E-state index is 8.52. The van der Waals surface area contributed by atoms with Crippen LogP contribution in [0.1, 0.15) is 0 Å². The van der Waals surface area contributed by atoms with Crippen LogP contribution in [0.4, 0.5) is 0 Å². The van der Waals surface area contributed by atoms with Gasteiger partial charge in [-0.3, -0.25) is 4.68 Å². The summed E-state index contributed by atoms with van der Waals surface area (Å²) in [6, 6.07) is 10.0. The Balaban J connectivity index is 2.30. The van der Waals surface area contributed by atoms with Crippen LogP contribution in [0.3, 0.4) is 0 Å². The fourth-order valence-electron chi connectivity index (χ4n) is 1.31. The summed E-state index contributed by atoms with van der Waals surface area (Å²) in [5.41, 5.74) is 2.13.